The summed E-state index contributed by atoms with van der Waals surface area (Å²) in [6.07, 6.45) is 0. The number of nitrogens with zero attached hydrogens (tertiary/aromatic N) is 1. The van der Waals surface area contributed by atoms with Crippen LogP contribution < -0.4 is 0 Å². The first kappa shape index (κ1) is 33.1. The molecule has 0 radical (unpaired) electrons. The van der Waals surface area contributed by atoms with Crippen LogP contribution in [0, 0.1) is 11.3 Å². The minimum absolute atomic E-state index is 0.259. The van der Waals surface area contributed by atoms with Crippen LogP contribution in [-0.4, -0.2) is 0 Å². The van der Waals surface area contributed by atoms with Gasteiger partial charge < -0.3 is 0 Å². The molecule has 0 unspecified atom stereocenters. The first-order chi connectivity index (χ1) is 27.0. The normalized spacial score (nSPS) is 14.4. The Kier molecular flexibility index (Phi) is 7.27. The average molecular weight is 895 g/mol. The lowest BCUT2D eigenvalue weighted by Gasteiger charge is -2.30. The molecule has 0 bridgehead atoms. The van der Waals surface area contributed by atoms with E-state index in [9.17, 15) is 5.26 Å². The van der Waals surface area contributed by atoms with E-state index in [0.29, 0.717) is 5.56 Å². The van der Waals surface area contributed by atoms with Crippen LogP contribution in [0.1, 0.15) is 50.1 Å². The zero-order valence-corrected chi connectivity index (χ0v) is 34.0. The van der Waals surface area contributed by atoms with Crippen LogP contribution in [0.2, 0.25) is 0 Å². The van der Waals surface area contributed by atoms with E-state index < -0.39 is 0 Å². The second-order valence-electron chi connectivity index (χ2n) is 14.6. The number of benzene rings is 8. The molecule has 0 heterocycles. The maximum atomic E-state index is 9.59. The van der Waals surface area contributed by atoms with Gasteiger partial charge in [0.2, 0.25) is 0 Å². The van der Waals surface area contributed by atoms with Gasteiger partial charge in [0.15, 0.2) is 0 Å². The van der Waals surface area contributed by atoms with E-state index in [2.05, 4.69) is 218 Å². The first-order valence-corrected chi connectivity index (χ1v) is 20.7. The highest BCUT2D eigenvalue weighted by Crippen LogP contribution is 2.64. The van der Waals surface area contributed by atoms with E-state index in [4.69, 9.17) is 0 Å². The molecule has 8 aromatic rings. The third-order valence-electron chi connectivity index (χ3n) is 12.2. The SMILES string of the molecule is Brc1ccc2c(c1)C1(c3ccccc3-c3ccccc31)c1cc(Br)ccc1-2.N#Cc1ccc2c(c1)C1(c3ccccc3-c3ccccc31)c1cc(Br)ccc1-2. The van der Waals surface area contributed by atoms with Gasteiger partial charge in [-0.3, -0.25) is 0 Å². The largest absolute Gasteiger partial charge is 0.192 e. The van der Waals surface area contributed by atoms with E-state index in [0.717, 1.165) is 13.4 Å². The van der Waals surface area contributed by atoms with Crippen molar-refractivity contribution in [3.05, 3.63) is 233 Å². The van der Waals surface area contributed by atoms with Gasteiger partial charge in [-0.1, -0.05) is 169 Å². The molecule has 8 aromatic carbocycles. The highest BCUT2D eigenvalue weighted by molar-refractivity contribution is 9.11. The fourth-order valence-electron chi connectivity index (χ4n) is 10.3. The lowest BCUT2D eigenvalue weighted by atomic mass is 9.70. The van der Waals surface area contributed by atoms with Crippen LogP contribution in [-0.2, 0) is 10.8 Å². The van der Waals surface area contributed by atoms with E-state index in [-0.39, 0.29) is 10.8 Å². The second-order valence-corrected chi connectivity index (χ2v) is 17.4. The summed E-state index contributed by atoms with van der Waals surface area (Å²) in [6, 6.07) is 63.6. The lowest BCUT2D eigenvalue weighted by molar-refractivity contribution is 0.792. The van der Waals surface area contributed by atoms with Crippen LogP contribution in [0.5, 0.6) is 0 Å². The topological polar surface area (TPSA) is 23.8 Å². The van der Waals surface area contributed by atoms with E-state index >= 15 is 0 Å². The number of halogens is 3. The van der Waals surface area contributed by atoms with Crippen molar-refractivity contribution in [2.45, 2.75) is 10.8 Å². The molecular weight excluding hydrogens is 866 g/mol. The van der Waals surface area contributed by atoms with Crippen molar-refractivity contribution in [2.24, 2.45) is 0 Å². The number of fused-ring (bicyclic) bond motifs is 20. The summed E-state index contributed by atoms with van der Waals surface area (Å²) in [6.45, 7) is 0. The van der Waals surface area contributed by atoms with E-state index in [1.54, 1.807) is 0 Å². The van der Waals surface area contributed by atoms with Crippen molar-refractivity contribution in [1.29, 1.82) is 5.26 Å². The summed E-state index contributed by atoms with van der Waals surface area (Å²) >= 11 is 11.1. The Morgan fingerprint density at radius 2 is 0.582 bits per heavy atom. The lowest BCUT2D eigenvalue weighted by Crippen LogP contribution is -2.26. The maximum Gasteiger partial charge on any atom is 0.0991 e. The highest BCUT2D eigenvalue weighted by atomic mass is 79.9. The van der Waals surface area contributed by atoms with Crippen molar-refractivity contribution in [3.63, 3.8) is 0 Å². The Morgan fingerprint density at radius 1 is 0.309 bits per heavy atom. The summed E-state index contributed by atoms with van der Waals surface area (Å²) < 4.78 is 3.31. The fraction of sp³-hybridized carbons (Fsp3) is 0.0392. The Hall–Kier alpha value is -5.31. The Morgan fingerprint density at radius 3 is 0.909 bits per heavy atom. The molecule has 0 N–H and O–H groups in total. The summed E-state index contributed by atoms with van der Waals surface area (Å²) in [7, 11) is 0. The first-order valence-electron chi connectivity index (χ1n) is 18.3. The van der Waals surface area contributed by atoms with Gasteiger partial charge in [0.25, 0.3) is 0 Å². The molecule has 55 heavy (non-hydrogen) atoms. The molecule has 0 saturated heterocycles. The zero-order valence-electron chi connectivity index (χ0n) is 29.2. The second kappa shape index (κ2) is 12.1. The smallest absolute Gasteiger partial charge is 0.0991 e. The predicted octanol–water partition coefficient (Wildman–Crippen LogP) is 14.2. The monoisotopic (exact) mass is 891 g/mol. The average Bonchev–Trinajstić information content (AvgIpc) is 3.89. The maximum absolute atomic E-state index is 9.59. The number of rotatable bonds is 0. The van der Waals surface area contributed by atoms with E-state index in [1.165, 1.54) is 89.0 Å². The molecule has 0 aromatic heterocycles. The highest BCUT2D eigenvalue weighted by Gasteiger charge is 2.53. The number of nitriles is 1. The molecule has 0 aliphatic heterocycles. The minimum Gasteiger partial charge on any atom is -0.192 e. The third-order valence-corrected chi connectivity index (χ3v) is 13.7. The number of hydrogen-bond donors (Lipinski definition) is 0. The molecule has 2 spiro atoms. The van der Waals surface area contributed by atoms with Crippen LogP contribution >= 0.6 is 47.8 Å². The molecule has 0 atom stereocenters. The molecule has 12 rings (SSSR count). The minimum atomic E-state index is -0.380. The van der Waals surface area contributed by atoms with Crippen molar-refractivity contribution < 1.29 is 0 Å². The molecule has 0 saturated carbocycles. The van der Waals surface area contributed by atoms with E-state index in [1.807, 2.05) is 6.07 Å². The zero-order chi connectivity index (χ0) is 37.1. The van der Waals surface area contributed by atoms with Gasteiger partial charge in [0, 0.05) is 13.4 Å². The molecule has 4 heteroatoms. The van der Waals surface area contributed by atoms with Gasteiger partial charge in [-0.05, 0) is 138 Å². The number of hydrogen-bond acceptors (Lipinski definition) is 1. The third kappa shape index (κ3) is 4.32. The molecule has 0 amide bonds. The van der Waals surface area contributed by atoms with Crippen molar-refractivity contribution in [1.82, 2.24) is 0 Å². The van der Waals surface area contributed by atoms with Crippen LogP contribution in [0.3, 0.4) is 0 Å². The Labute approximate surface area is 345 Å². The van der Waals surface area contributed by atoms with Crippen LogP contribution in [0.4, 0.5) is 0 Å². The molecule has 4 aliphatic carbocycles. The quantitative estimate of drug-likeness (QED) is 0.149. The van der Waals surface area contributed by atoms with Crippen LogP contribution in [0.25, 0.3) is 44.5 Å². The molecule has 258 valence electrons. The molecule has 0 fully saturated rings. The van der Waals surface area contributed by atoms with Gasteiger partial charge in [-0.25, -0.2) is 0 Å². The van der Waals surface area contributed by atoms with Gasteiger partial charge in [-0.15, -0.1) is 0 Å². The fourth-order valence-corrected chi connectivity index (χ4v) is 11.3. The van der Waals surface area contributed by atoms with Gasteiger partial charge in [-0.2, -0.15) is 5.26 Å². The predicted molar refractivity (Wildman–Crippen MR) is 233 cm³/mol. The van der Waals surface area contributed by atoms with Crippen LogP contribution in [0.15, 0.2) is 183 Å². The summed E-state index contributed by atoms with van der Waals surface area (Å²) in [5, 5.41) is 9.59. The molecular formula is C51H28Br3N. The Balaban J connectivity index is 0.000000128. The van der Waals surface area contributed by atoms with Crippen molar-refractivity contribution in [2.75, 3.05) is 0 Å². The van der Waals surface area contributed by atoms with Gasteiger partial charge >= 0.3 is 0 Å². The van der Waals surface area contributed by atoms with Crippen molar-refractivity contribution >= 4 is 47.8 Å². The summed E-state index contributed by atoms with van der Waals surface area (Å²) in [4.78, 5) is 0. The summed E-state index contributed by atoms with van der Waals surface area (Å²) in [5.41, 5.74) is 21.0. The summed E-state index contributed by atoms with van der Waals surface area (Å²) in [5.74, 6) is 0. The van der Waals surface area contributed by atoms with Crippen molar-refractivity contribution in [3.8, 4) is 50.6 Å². The van der Waals surface area contributed by atoms with Gasteiger partial charge in [0.05, 0.1) is 22.5 Å². The van der Waals surface area contributed by atoms with Gasteiger partial charge in [0.1, 0.15) is 0 Å². The molecule has 1 nitrogen and oxygen atoms in total. The Bertz CT molecular complexity index is 2860. The molecule has 4 aliphatic rings. The standard InChI is InChI=1S/C26H14BrN.C25H14Br2/c27-17-10-12-21-20-11-9-16(15-28)13-24(20)26(25(21)14-17)22-7-3-1-5-18(22)19-6-2-4-8-23(19)26;26-15-9-11-19-20-12-10-16(27)14-24(20)25(23(19)13-15)21-7-3-1-5-17(21)18-6-2-4-8-22(18)25/h1-14H;1-14H.